The zero-order valence-corrected chi connectivity index (χ0v) is 18.0. The summed E-state index contributed by atoms with van der Waals surface area (Å²) in [4.78, 5) is 28.0. The third-order valence-corrected chi connectivity index (χ3v) is 5.18. The van der Waals surface area contributed by atoms with Gasteiger partial charge in [0.1, 0.15) is 5.82 Å². The van der Waals surface area contributed by atoms with Crippen LogP contribution >= 0.6 is 0 Å². The molecule has 7 heteroatoms. The van der Waals surface area contributed by atoms with Gasteiger partial charge in [-0.05, 0) is 43.7 Å². The summed E-state index contributed by atoms with van der Waals surface area (Å²) in [6.45, 7) is 1.66. The number of aryl methyl sites for hydroxylation is 1. The highest BCUT2D eigenvalue weighted by Crippen LogP contribution is 2.24. The van der Waals surface area contributed by atoms with Crippen molar-refractivity contribution >= 4 is 22.4 Å². The van der Waals surface area contributed by atoms with Crippen LogP contribution in [-0.2, 0) is 13.5 Å². The Bertz CT molecular complexity index is 1210. The molecule has 0 bridgehead atoms. The summed E-state index contributed by atoms with van der Waals surface area (Å²) in [5.41, 5.74) is 3.51. The standard InChI is InChI=1S/C24H26N6O/c1-29(2)9-8-27-24-12-18(6-7-26-24)23(31)13-21-11-20-10-17(4-5-19(20)14-28-21)22-15-25-16-30(22)3/h4-7,10-12,14-16H,8-9,13H2,1-3H3,(H,26,27). The Balaban J connectivity index is 1.51. The maximum absolute atomic E-state index is 12.9. The third kappa shape index (κ3) is 4.95. The van der Waals surface area contributed by atoms with E-state index < -0.39 is 0 Å². The van der Waals surface area contributed by atoms with Gasteiger partial charge in [-0.15, -0.1) is 0 Å². The molecule has 0 amide bonds. The first-order chi connectivity index (χ1) is 15.0. The van der Waals surface area contributed by atoms with E-state index >= 15 is 0 Å². The van der Waals surface area contributed by atoms with Crippen LogP contribution in [0.15, 0.2) is 61.3 Å². The summed E-state index contributed by atoms with van der Waals surface area (Å²) < 4.78 is 1.99. The molecule has 4 aromatic rings. The smallest absolute Gasteiger partial charge is 0.169 e. The zero-order valence-electron chi connectivity index (χ0n) is 18.0. The van der Waals surface area contributed by atoms with E-state index in [0.29, 0.717) is 11.4 Å². The van der Waals surface area contributed by atoms with Gasteiger partial charge in [0.15, 0.2) is 5.78 Å². The van der Waals surface area contributed by atoms with Crippen molar-refractivity contribution in [1.29, 1.82) is 0 Å². The van der Waals surface area contributed by atoms with Crippen molar-refractivity contribution in [2.45, 2.75) is 6.42 Å². The summed E-state index contributed by atoms with van der Waals surface area (Å²) >= 11 is 0. The minimum absolute atomic E-state index is 0.0210. The first kappa shape index (κ1) is 20.7. The molecule has 0 aliphatic rings. The normalized spacial score (nSPS) is 11.2. The SMILES string of the molecule is CN(C)CCNc1cc(C(=O)Cc2cc3cc(-c4cncn4C)ccc3cn2)ccn1. The highest BCUT2D eigenvalue weighted by molar-refractivity contribution is 5.98. The number of nitrogens with one attached hydrogen (secondary N) is 1. The fourth-order valence-corrected chi connectivity index (χ4v) is 3.45. The lowest BCUT2D eigenvalue weighted by atomic mass is 10.0. The van der Waals surface area contributed by atoms with Gasteiger partial charge in [-0.1, -0.05) is 12.1 Å². The number of Topliss-reactive ketones (excluding diaryl/α,β-unsaturated/α-hetero) is 1. The Morgan fingerprint density at radius 1 is 1.06 bits per heavy atom. The molecule has 0 aliphatic heterocycles. The number of benzene rings is 1. The van der Waals surface area contributed by atoms with E-state index in [1.54, 1.807) is 24.7 Å². The van der Waals surface area contributed by atoms with Gasteiger partial charge in [-0.25, -0.2) is 9.97 Å². The van der Waals surface area contributed by atoms with Crippen molar-refractivity contribution in [3.63, 3.8) is 0 Å². The van der Waals surface area contributed by atoms with Gasteiger partial charge in [0.2, 0.25) is 0 Å². The van der Waals surface area contributed by atoms with Crippen LogP contribution in [0.25, 0.3) is 22.0 Å². The van der Waals surface area contributed by atoms with Gasteiger partial charge < -0.3 is 14.8 Å². The van der Waals surface area contributed by atoms with Gasteiger partial charge in [-0.2, -0.15) is 0 Å². The van der Waals surface area contributed by atoms with Crippen LogP contribution in [0.1, 0.15) is 16.1 Å². The van der Waals surface area contributed by atoms with Crippen LogP contribution in [-0.4, -0.2) is 57.4 Å². The number of rotatable bonds is 8. The van der Waals surface area contributed by atoms with Crippen molar-refractivity contribution in [3.8, 4) is 11.3 Å². The lowest BCUT2D eigenvalue weighted by Gasteiger charge is -2.11. The van der Waals surface area contributed by atoms with Gasteiger partial charge in [0.05, 0.1) is 24.6 Å². The Hall–Kier alpha value is -3.58. The van der Waals surface area contributed by atoms with Gasteiger partial charge in [0, 0.05) is 54.7 Å². The van der Waals surface area contributed by atoms with E-state index in [0.717, 1.165) is 40.8 Å². The number of fused-ring (bicyclic) bond motifs is 1. The Kier molecular flexibility index (Phi) is 6.04. The fourth-order valence-electron chi connectivity index (χ4n) is 3.45. The Labute approximate surface area is 181 Å². The Morgan fingerprint density at radius 2 is 1.94 bits per heavy atom. The first-order valence-corrected chi connectivity index (χ1v) is 10.2. The van der Waals surface area contributed by atoms with E-state index in [1.165, 1.54) is 0 Å². The molecule has 3 heterocycles. The van der Waals surface area contributed by atoms with Gasteiger partial charge >= 0.3 is 0 Å². The molecular formula is C24H26N6O. The summed E-state index contributed by atoms with van der Waals surface area (Å²) in [5.74, 6) is 0.729. The average Bonchev–Trinajstić information content (AvgIpc) is 3.19. The molecule has 1 N–H and O–H groups in total. The summed E-state index contributed by atoms with van der Waals surface area (Å²) in [6.07, 6.45) is 7.37. The fraction of sp³-hybridized carbons (Fsp3) is 0.250. The molecule has 158 valence electrons. The molecule has 4 rings (SSSR count). The molecule has 0 unspecified atom stereocenters. The van der Waals surface area contributed by atoms with E-state index in [2.05, 4.69) is 37.3 Å². The maximum atomic E-state index is 12.9. The number of anilines is 1. The number of aromatic nitrogens is 4. The largest absolute Gasteiger partial charge is 0.369 e. The molecule has 0 fully saturated rings. The van der Waals surface area contributed by atoms with E-state index in [1.807, 2.05) is 50.2 Å². The van der Waals surface area contributed by atoms with Crippen LogP contribution < -0.4 is 5.32 Å². The van der Waals surface area contributed by atoms with Crippen LogP contribution in [0.3, 0.4) is 0 Å². The number of carbonyl (C=O) groups excluding carboxylic acids is 1. The summed E-state index contributed by atoms with van der Waals surface area (Å²) in [7, 11) is 6.01. The minimum Gasteiger partial charge on any atom is -0.369 e. The van der Waals surface area contributed by atoms with Crippen LogP contribution in [0.2, 0.25) is 0 Å². The molecule has 1 aromatic carbocycles. The molecule has 3 aromatic heterocycles. The van der Waals surface area contributed by atoms with Gasteiger partial charge in [-0.3, -0.25) is 9.78 Å². The van der Waals surface area contributed by atoms with Crippen molar-refractivity contribution in [3.05, 3.63) is 72.6 Å². The average molecular weight is 415 g/mol. The second-order valence-corrected chi connectivity index (χ2v) is 7.89. The number of nitrogens with zero attached hydrogens (tertiary/aromatic N) is 5. The highest BCUT2D eigenvalue weighted by atomic mass is 16.1. The predicted molar refractivity (Wildman–Crippen MR) is 123 cm³/mol. The predicted octanol–water partition coefficient (Wildman–Crippen LogP) is 3.43. The molecule has 0 saturated heterocycles. The number of hydrogen-bond donors (Lipinski definition) is 1. The first-order valence-electron chi connectivity index (χ1n) is 10.2. The van der Waals surface area contributed by atoms with Crippen LogP contribution in [0.4, 0.5) is 5.82 Å². The lowest BCUT2D eigenvalue weighted by molar-refractivity contribution is 0.0992. The summed E-state index contributed by atoms with van der Waals surface area (Å²) in [6, 6.07) is 11.8. The van der Waals surface area contributed by atoms with Crippen molar-refractivity contribution in [2.24, 2.45) is 7.05 Å². The van der Waals surface area contributed by atoms with Crippen LogP contribution in [0.5, 0.6) is 0 Å². The Morgan fingerprint density at radius 3 is 2.71 bits per heavy atom. The van der Waals surface area contributed by atoms with Crippen molar-refractivity contribution in [1.82, 2.24) is 24.4 Å². The van der Waals surface area contributed by atoms with Crippen molar-refractivity contribution in [2.75, 3.05) is 32.5 Å². The molecule has 0 aliphatic carbocycles. The summed E-state index contributed by atoms with van der Waals surface area (Å²) in [5, 5.41) is 5.35. The minimum atomic E-state index is 0.0210. The zero-order chi connectivity index (χ0) is 21.8. The number of carbonyl (C=O) groups is 1. The third-order valence-electron chi connectivity index (χ3n) is 5.18. The quantitative estimate of drug-likeness (QED) is 0.445. The molecule has 0 radical (unpaired) electrons. The highest BCUT2D eigenvalue weighted by Gasteiger charge is 2.11. The lowest BCUT2D eigenvalue weighted by Crippen LogP contribution is -2.21. The number of pyridine rings is 2. The molecule has 31 heavy (non-hydrogen) atoms. The number of hydrogen-bond acceptors (Lipinski definition) is 6. The number of likely N-dealkylation sites (N-methyl/N-ethyl adjacent to an activating group) is 1. The van der Waals surface area contributed by atoms with E-state index in [9.17, 15) is 4.79 Å². The van der Waals surface area contributed by atoms with E-state index in [-0.39, 0.29) is 12.2 Å². The number of imidazole rings is 1. The topological polar surface area (TPSA) is 75.9 Å². The van der Waals surface area contributed by atoms with Gasteiger partial charge in [0.25, 0.3) is 0 Å². The molecule has 0 spiro atoms. The molecule has 0 atom stereocenters. The van der Waals surface area contributed by atoms with Crippen molar-refractivity contribution < 1.29 is 4.79 Å². The molecule has 7 nitrogen and oxygen atoms in total. The monoisotopic (exact) mass is 414 g/mol. The van der Waals surface area contributed by atoms with Crippen LogP contribution in [0, 0.1) is 0 Å². The molecular weight excluding hydrogens is 388 g/mol. The maximum Gasteiger partial charge on any atom is 0.169 e. The second kappa shape index (κ2) is 9.06. The second-order valence-electron chi connectivity index (χ2n) is 7.89. The number of ketones is 1. The molecule has 0 saturated carbocycles. The van der Waals surface area contributed by atoms with E-state index in [4.69, 9.17) is 0 Å².